The predicted octanol–water partition coefficient (Wildman–Crippen LogP) is 3.05. The molecule has 1 heterocycles. The highest BCUT2D eigenvalue weighted by Gasteiger charge is 2.22. The third kappa shape index (κ3) is 4.66. The van der Waals surface area contributed by atoms with E-state index in [1.165, 1.54) is 40.6 Å². The molecule has 2 amide bonds. The Morgan fingerprint density at radius 1 is 0.867 bits per heavy atom. The molecule has 0 spiro atoms. The Hall–Kier alpha value is -3.25. The SMILES string of the molecule is O=C(NCC(=O)N1CCN(Cc2cccc3ccccc23)CC1)c1ccc(F)cc1. The molecule has 0 saturated carbocycles. The number of fused-ring (bicyclic) bond motifs is 1. The van der Waals surface area contributed by atoms with Gasteiger partial charge in [-0.3, -0.25) is 14.5 Å². The first-order valence-corrected chi connectivity index (χ1v) is 10.1. The van der Waals surface area contributed by atoms with Gasteiger partial charge in [0.1, 0.15) is 5.82 Å². The summed E-state index contributed by atoms with van der Waals surface area (Å²) < 4.78 is 13.0. The van der Waals surface area contributed by atoms with Gasteiger partial charge in [-0.2, -0.15) is 0 Å². The Bertz CT molecular complexity index is 1040. The van der Waals surface area contributed by atoms with Crippen LogP contribution in [0.2, 0.25) is 0 Å². The Balaban J connectivity index is 1.27. The number of benzene rings is 3. The summed E-state index contributed by atoms with van der Waals surface area (Å²) in [5, 5.41) is 5.12. The van der Waals surface area contributed by atoms with Gasteiger partial charge in [0.25, 0.3) is 5.91 Å². The highest BCUT2D eigenvalue weighted by Crippen LogP contribution is 2.20. The summed E-state index contributed by atoms with van der Waals surface area (Å²) in [7, 11) is 0. The van der Waals surface area contributed by atoms with Crippen LogP contribution in [0.5, 0.6) is 0 Å². The van der Waals surface area contributed by atoms with E-state index in [-0.39, 0.29) is 18.4 Å². The smallest absolute Gasteiger partial charge is 0.251 e. The maximum Gasteiger partial charge on any atom is 0.251 e. The number of rotatable bonds is 5. The summed E-state index contributed by atoms with van der Waals surface area (Å²) in [6.07, 6.45) is 0. The molecule has 3 aromatic carbocycles. The third-order valence-corrected chi connectivity index (χ3v) is 5.51. The van der Waals surface area contributed by atoms with E-state index >= 15 is 0 Å². The molecule has 5 nitrogen and oxygen atoms in total. The first-order valence-electron chi connectivity index (χ1n) is 10.1. The van der Waals surface area contributed by atoms with E-state index in [4.69, 9.17) is 0 Å². The average Bonchev–Trinajstić information content (AvgIpc) is 2.78. The number of amides is 2. The minimum atomic E-state index is -0.399. The van der Waals surface area contributed by atoms with Crippen LogP contribution in [-0.4, -0.2) is 54.3 Å². The monoisotopic (exact) mass is 405 g/mol. The van der Waals surface area contributed by atoms with Gasteiger partial charge in [0, 0.05) is 38.3 Å². The number of piperazine rings is 1. The molecule has 6 heteroatoms. The molecule has 0 aliphatic carbocycles. The summed E-state index contributed by atoms with van der Waals surface area (Å²) in [6.45, 7) is 3.65. The van der Waals surface area contributed by atoms with Crippen LogP contribution in [-0.2, 0) is 11.3 Å². The molecule has 0 bridgehead atoms. The van der Waals surface area contributed by atoms with Gasteiger partial charge in [0.2, 0.25) is 5.91 Å². The van der Waals surface area contributed by atoms with Gasteiger partial charge in [-0.25, -0.2) is 4.39 Å². The zero-order chi connectivity index (χ0) is 20.9. The van der Waals surface area contributed by atoms with Gasteiger partial charge in [-0.15, -0.1) is 0 Å². The molecule has 1 fully saturated rings. The van der Waals surface area contributed by atoms with Gasteiger partial charge < -0.3 is 10.2 Å². The predicted molar refractivity (Wildman–Crippen MR) is 115 cm³/mol. The molecule has 0 unspecified atom stereocenters. The van der Waals surface area contributed by atoms with Crippen molar-refractivity contribution >= 4 is 22.6 Å². The van der Waals surface area contributed by atoms with Crippen LogP contribution in [0.25, 0.3) is 10.8 Å². The van der Waals surface area contributed by atoms with Crippen molar-refractivity contribution < 1.29 is 14.0 Å². The maximum atomic E-state index is 13.0. The lowest BCUT2D eigenvalue weighted by Crippen LogP contribution is -2.50. The van der Waals surface area contributed by atoms with Gasteiger partial charge in [-0.1, -0.05) is 42.5 Å². The molecule has 1 aliphatic rings. The molecule has 0 radical (unpaired) electrons. The topological polar surface area (TPSA) is 52.7 Å². The first kappa shape index (κ1) is 20.0. The number of hydrogen-bond acceptors (Lipinski definition) is 3. The first-order chi connectivity index (χ1) is 14.6. The van der Waals surface area contributed by atoms with E-state index in [2.05, 4.69) is 46.6 Å². The summed E-state index contributed by atoms with van der Waals surface area (Å²) in [6, 6.07) is 20.0. The molecular weight excluding hydrogens is 381 g/mol. The van der Waals surface area contributed by atoms with Crippen molar-refractivity contribution in [2.45, 2.75) is 6.54 Å². The highest BCUT2D eigenvalue weighted by atomic mass is 19.1. The number of carbonyl (C=O) groups is 2. The molecule has 1 N–H and O–H groups in total. The second kappa shape index (κ2) is 9.05. The van der Waals surface area contributed by atoms with Crippen molar-refractivity contribution in [3.8, 4) is 0 Å². The van der Waals surface area contributed by atoms with E-state index in [9.17, 15) is 14.0 Å². The molecule has 154 valence electrons. The lowest BCUT2D eigenvalue weighted by Gasteiger charge is -2.35. The average molecular weight is 405 g/mol. The van der Waals surface area contributed by atoms with E-state index < -0.39 is 5.82 Å². The number of hydrogen-bond donors (Lipinski definition) is 1. The summed E-state index contributed by atoms with van der Waals surface area (Å²) in [5.74, 6) is -0.878. The molecule has 1 saturated heterocycles. The van der Waals surface area contributed by atoms with Crippen molar-refractivity contribution in [1.29, 1.82) is 0 Å². The molecule has 0 aromatic heterocycles. The Morgan fingerprint density at radius 3 is 2.33 bits per heavy atom. The fraction of sp³-hybridized carbons (Fsp3) is 0.250. The second-order valence-electron chi connectivity index (χ2n) is 7.48. The maximum absolute atomic E-state index is 13.0. The second-order valence-corrected chi connectivity index (χ2v) is 7.48. The summed E-state index contributed by atoms with van der Waals surface area (Å²) in [4.78, 5) is 28.7. The van der Waals surface area contributed by atoms with Crippen LogP contribution in [0.15, 0.2) is 66.7 Å². The van der Waals surface area contributed by atoms with E-state index in [0.717, 1.165) is 19.6 Å². The molecule has 30 heavy (non-hydrogen) atoms. The largest absolute Gasteiger partial charge is 0.343 e. The van der Waals surface area contributed by atoms with E-state index in [0.29, 0.717) is 18.7 Å². The van der Waals surface area contributed by atoms with Crippen LogP contribution < -0.4 is 5.32 Å². The number of halogens is 1. The lowest BCUT2D eigenvalue weighted by molar-refractivity contribution is -0.131. The van der Waals surface area contributed by atoms with Crippen molar-refractivity contribution in [3.05, 3.63) is 83.7 Å². The van der Waals surface area contributed by atoms with Gasteiger partial charge in [0.15, 0.2) is 0 Å². The van der Waals surface area contributed by atoms with Crippen LogP contribution >= 0.6 is 0 Å². The van der Waals surface area contributed by atoms with E-state index in [1.807, 2.05) is 6.07 Å². The van der Waals surface area contributed by atoms with Gasteiger partial charge >= 0.3 is 0 Å². The Kier molecular flexibility index (Phi) is 6.05. The van der Waals surface area contributed by atoms with Crippen LogP contribution in [0.3, 0.4) is 0 Å². The zero-order valence-corrected chi connectivity index (χ0v) is 16.7. The summed E-state index contributed by atoms with van der Waals surface area (Å²) in [5.41, 5.74) is 1.63. The van der Waals surface area contributed by atoms with E-state index in [1.54, 1.807) is 4.90 Å². The van der Waals surface area contributed by atoms with Crippen LogP contribution in [0, 0.1) is 5.82 Å². The number of nitrogens with zero attached hydrogens (tertiary/aromatic N) is 2. The van der Waals surface area contributed by atoms with Crippen molar-refractivity contribution in [2.75, 3.05) is 32.7 Å². The molecule has 1 aliphatic heterocycles. The van der Waals surface area contributed by atoms with Gasteiger partial charge in [-0.05, 0) is 40.6 Å². The zero-order valence-electron chi connectivity index (χ0n) is 16.7. The van der Waals surface area contributed by atoms with Crippen LogP contribution in [0.4, 0.5) is 4.39 Å². The molecular formula is C24H24FN3O2. The fourth-order valence-corrected chi connectivity index (χ4v) is 3.80. The van der Waals surface area contributed by atoms with Gasteiger partial charge in [0.05, 0.1) is 6.54 Å². The van der Waals surface area contributed by atoms with Crippen LogP contribution in [0.1, 0.15) is 15.9 Å². The fourth-order valence-electron chi connectivity index (χ4n) is 3.80. The molecule has 4 rings (SSSR count). The molecule has 3 aromatic rings. The van der Waals surface area contributed by atoms with Crippen molar-refractivity contribution in [2.24, 2.45) is 0 Å². The van der Waals surface area contributed by atoms with Crippen molar-refractivity contribution in [1.82, 2.24) is 15.1 Å². The highest BCUT2D eigenvalue weighted by molar-refractivity contribution is 5.96. The normalized spacial score (nSPS) is 14.6. The minimum absolute atomic E-state index is 0.0560. The standard InChI is InChI=1S/C24H24FN3O2/c25-21-10-8-19(9-11-21)24(30)26-16-23(29)28-14-12-27(13-15-28)17-20-6-3-5-18-4-1-2-7-22(18)20/h1-11H,12-17H2,(H,26,30). The summed E-state index contributed by atoms with van der Waals surface area (Å²) >= 11 is 0. The number of nitrogens with one attached hydrogen (secondary N) is 1. The number of carbonyl (C=O) groups excluding carboxylic acids is 2. The lowest BCUT2D eigenvalue weighted by atomic mass is 10.0. The quantitative estimate of drug-likeness (QED) is 0.710. The third-order valence-electron chi connectivity index (χ3n) is 5.51. The Morgan fingerprint density at radius 2 is 1.57 bits per heavy atom. The minimum Gasteiger partial charge on any atom is -0.343 e. The Labute approximate surface area is 175 Å². The van der Waals surface area contributed by atoms with Crippen molar-refractivity contribution in [3.63, 3.8) is 0 Å². The molecule has 0 atom stereocenters.